The SMILES string of the molecule is CCOC(=O)C1=C(c2ccccc2)OC(Cc2ccccc2)=C2C(=O)C[C@H]3CN(S(=O)(=O)c4ccc(C)cc4)C[C@]213. The van der Waals surface area contributed by atoms with Gasteiger partial charge >= 0.3 is 5.97 Å². The molecule has 0 radical (unpaired) electrons. The Labute approximate surface area is 240 Å². The molecule has 0 aromatic heterocycles. The number of Topliss-reactive ketones (excluding diaryl/α,β-unsaturated/α-hetero) is 1. The maximum Gasteiger partial charge on any atom is 0.338 e. The minimum Gasteiger partial charge on any atom is -0.463 e. The van der Waals surface area contributed by atoms with E-state index < -0.39 is 27.3 Å². The molecule has 1 saturated carbocycles. The molecule has 0 bridgehead atoms. The van der Waals surface area contributed by atoms with E-state index in [1.165, 1.54) is 4.31 Å². The summed E-state index contributed by atoms with van der Waals surface area (Å²) < 4.78 is 41.4. The van der Waals surface area contributed by atoms with Crippen molar-refractivity contribution < 1.29 is 27.5 Å². The number of carbonyl (C=O) groups excluding carboxylic acids is 2. The highest BCUT2D eigenvalue weighted by Gasteiger charge is 2.65. The van der Waals surface area contributed by atoms with Gasteiger partial charge in [-0.25, -0.2) is 13.2 Å². The predicted octanol–water partition coefficient (Wildman–Crippen LogP) is 5.08. The van der Waals surface area contributed by atoms with E-state index in [0.29, 0.717) is 29.1 Å². The lowest BCUT2D eigenvalue weighted by Gasteiger charge is -2.38. The molecule has 7 nitrogen and oxygen atoms in total. The normalized spacial score (nSPS) is 22.4. The monoisotopic (exact) mass is 569 g/mol. The Morgan fingerprint density at radius 2 is 1.66 bits per heavy atom. The zero-order valence-electron chi connectivity index (χ0n) is 23.0. The molecular formula is C33H31NO6S. The number of hydrogen-bond donors (Lipinski definition) is 0. The van der Waals surface area contributed by atoms with Crippen LogP contribution in [0.3, 0.4) is 0 Å². The van der Waals surface area contributed by atoms with Crippen LogP contribution in [-0.4, -0.2) is 44.2 Å². The average Bonchev–Trinajstić information content (AvgIpc) is 3.46. The van der Waals surface area contributed by atoms with Crippen LogP contribution in [0.15, 0.2) is 107 Å². The predicted molar refractivity (Wildman–Crippen MR) is 154 cm³/mol. The van der Waals surface area contributed by atoms with E-state index in [9.17, 15) is 18.0 Å². The van der Waals surface area contributed by atoms with Crippen molar-refractivity contribution >= 4 is 27.5 Å². The van der Waals surface area contributed by atoms with Gasteiger partial charge in [0.2, 0.25) is 10.0 Å². The van der Waals surface area contributed by atoms with Crippen LogP contribution in [0.25, 0.3) is 5.76 Å². The van der Waals surface area contributed by atoms with Gasteiger partial charge in [0.25, 0.3) is 0 Å². The first-order valence-electron chi connectivity index (χ1n) is 13.8. The lowest BCUT2D eigenvalue weighted by atomic mass is 9.68. The molecule has 2 aliphatic heterocycles. The minimum absolute atomic E-state index is 0.0545. The molecule has 3 aromatic carbocycles. The molecule has 0 amide bonds. The number of esters is 1. The van der Waals surface area contributed by atoms with Crippen LogP contribution in [0.5, 0.6) is 0 Å². The van der Waals surface area contributed by atoms with E-state index in [2.05, 4.69) is 0 Å². The molecule has 41 heavy (non-hydrogen) atoms. The van der Waals surface area contributed by atoms with Crippen molar-refractivity contribution in [2.75, 3.05) is 19.7 Å². The highest BCUT2D eigenvalue weighted by Crippen LogP contribution is 2.61. The van der Waals surface area contributed by atoms with Gasteiger partial charge in [0.05, 0.1) is 22.5 Å². The summed E-state index contributed by atoms with van der Waals surface area (Å²) in [5.74, 6) is -0.407. The van der Waals surface area contributed by atoms with Gasteiger partial charge in [-0.3, -0.25) is 4.79 Å². The number of allylic oxidation sites excluding steroid dienone is 1. The largest absolute Gasteiger partial charge is 0.463 e. The summed E-state index contributed by atoms with van der Waals surface area (Å²) in [6, 6.07) is 25.6. The summed E-state index contributed by atoms with van der Waals surface area (Å²) in [5, 5.41) is 0. The van der Waals surface area contributed by atoms with Crippen LogP contribution >= 0.6 is 0 Å². The summed E-state index contributed by atoms with van der Waals surface area (Å²) >= 11 is 0. The molecule has 0 N–H and O–H groups in total. The summed E-state index contributed by atoms with van der Waals surface area (Å²) in [5.41, 5.74) is 1.95. The number of rotatable bonds is 7. The molecule has 8 heteroatoms. The Bertz CT molecular complexity index is 1680. The number of ether oxygens (including phenoxy) is 2. The molecule has 1 saturated heterocycles. The van der Waals surface area contributed by atoms with Gasteiger partial charge < -0.3 is 9.47 Å². The highest BCUT2D eigenvalue weighted by atomic mass is 32.2. The van der Waals surface area contributed by atoms with E-state index in [1.807, 2.05) is 67.6 Å². The molecule has 0 unspecified atom stereocenters. The van der Waals surface area contributed by atoms with Gasteiger partial charge in [-0.05, 0) is 37.5 Å². The standard InChI is InChI=1S/C33H31NO6S/c1-3-39-32(36)30-31(24-12-8-5-9-13-24)40-28(18-23-10-6-4-7-11-23)29-27(35)19-25-20-34(21-33(25,29)30)41(37,38)26-16-14-22(2)15-17-26/h4-17,25H,3,18-21H2,1-2H3/t25-,33-/m0/s1. The smallest absolute Gasteiger partial charge is 0.338 e. The zero-order chi connectivity index (χ0) is 28.8. The second-order valence-electron chi connectivity index (χ2n) is 10.8. The molecule has 3 aliphatic rings. The molecule has 1 spiro atoms. The molecule has 6 rings (SSSR count). The molecule has 1 aliphatic carbocycles. The van der Waals surface area contributed by atoms with E-state index >= 15 is 0 Å². The van der Waals surface area contributed by atoms with Crippen molar-refractivity contribution in [2.24, 2.45) is 11.3 Å². The van der Waals surface area contributed by atoms with Crippen molar-refractivity contribution in [2.45, 2.75) is 31.6 Å². The van der Waals surface area contributed by atoms with Crippen LogP contribution in [0.4, 0.5) is 0 Å². The number of benzene rings is 3. The van der Waals surface area contributed by atoms with Crippen LogP contribution < -0.4 is 0 Å². The number of hydrogen-bond acceptors (Lipinski definition) is 6. The fourth-order valence-corrected chi connectivity index (χ4v) is 7.96. The molecule has 3 aromatic rings. The quantitative estimate of drug-likeness (QED) is 0.369. The van der Waals surface area contributed by atoms with E-state index in [1.54, 1.807) is 31.2 Å². The molecular weight excluding hydrogens is 538 g/mol. The summed E-state index contributed by atoms with van der Waals surface area (Å²) in [7, 11) is -3.91. The van der Waals surface area contributed by atoms with Gasteiger partial charge in [-0.15, -0.1) is 0 Å². The van der Waals surface area contributed by atoms with Crippen molar-refractivity contribution in [3.8, 4) is 0 Å². The lowest BCUT2D eigenvalue weighted by molar-refractivity contribution is -0.139. The van der Waals surface area contributed by atoms with Gasteiger partial charge in [-0.2, -0.15) is 4.31 Å². The number of aryl methyl sites for hydroxylation is 1. The van der Waals surface area contributed by atoms with Gasteiger partial charge in [0.15, 0.2) is 5.78 Å². The third-order valence-electron chi connectivity index (χ3n) is 8.26. The summed E-state index contributed by atoms with van der Waals surface area (Å²) in [6.07, 6.45) is 0.440. The number of ketones is 1. The molecule has 2 fully saturated rings. The van der Waals surface area contributed by atoms with Crippen LogP contribution in [0.2, 0.25) is 0 Å². The Balaban J connectivity index is 1.57. The Morgan fingerprint density at radius 1 is 1.00 bits per heavy atom. The van der Waals surface area contributed by atoms with Crippen molar-refractivity contribution in [3.05, 3.63) is 119 Å². The third kappa shape index (κ3) is 4.51. The van der Waals surface area contributed by atoms with E-state index in [4.69, 9.17) is 9.47 Å². The van der Waals surface area contributed by atoms with E-state index in [0.717, 1.165) is 11.1 Å². The fourth-order valence-electron chi connectivity index (χ4n) is 6.43. The third-order valence-corrected chi connectivity index (χ3v) is 10.1. The first-order valence-corrected chi connectivity index (χ1v) is 15.2. The second-order valence-corrected chi connectivity index (χ2v) is 12.7. The summed E-state index contributed by atoms with van der Waals surface area (Å²) in [6.45, 7) is 3.80. The van der Waals surface area contributed by atoms with Crippen LogP contribution in [0.1, 0.15) is 30.0 Å². The molecule has 2 atom stereocenters. The summed E-state index contributed by atoms with van der Waals surface area (Å²) in [4.78, 5) is 27.8. The Hall–Kier alpha value is -4.01. The van der Waals surface area contributed by atoms with Gasteiger partial charge in [0, 0.05) is 37.1 Å². The Morgan fingerprint density at radius 3 is 2.32 bits per heavy atom. The topological polar surface area (TPSA) is 90.0 Å². The molecule has 210 valence electrons. The number of carbonyl (C=O) groups is 2. The second kappa shape index (κ2) is 10.4. The van der Waals surface area contributed by atoms with E-state index in [-0.39, 0.29) is 42.4 Å². The first kappa shape index (κ1) is 27.2. The van der Waals surface area contributed by atoms with Crippen LogP contribution in [-0.2, 0) is 35.5 Å². The van der Waals surface area contributed by atoms with Crippen molar-refractivity contribution in [1.82, 2.24) is 4.31 Å². The van der Waals surface area contributed by atoms with Crippen molar-refractivity contribution in [1.29, 1.82) is 0 Å². The maximum absolute atomic E-state index is 13.9. The Kier molecular flexibility index (Phi) is 6.91. The van der Waals surface area contributed by atoms with Gasteiger partial charge in [-0.1, -0.05) is 78.4 Å². The fraction of sp³-hybridized carbons (Fsp3) is 0.273. The van der Waals surface area contributed by atoms with Crippen molar-refractivity contribution in [3.63, 3.8) is 0 Å². The first-order chi connectivity index (χ1) is 19.8. The van der Waals surface area contributed by atoms with Crippen LogP contribution in [0, 0.1) is 18.3 Å². The number of nitrogens with zero attached hydrogens (tertiary/aromatic N) is 1. The zero-order valence-corrected chi connectivity index (χ0v) is 23.8. The number of sulfonamides is 1. The van der Waals surface area contributed by atoms with Gasteiger partial charge in [0.1, 0.15) is 11.5 Å². The molecule has 2 heterocycles. The maximum atomic E-state index is 13.9. The lowest BCUT2D eigenvalue weighted by Crippen LogP contribution is -2.41. The highest BCUT2D eigenvalue weighted by molar-refractivity contribution is 7.89. The average molecular weight is 570 g/mol. The minimum atomic E-state index is -3.91.